The molecule has 0 aliphatic carbocycles. The van der Waals surface area contributed by atoms with E-state index in [2.05, 4.69) is 109 Å². The second kappa shape index (κ2) is 7.04. The van der Waals surface area contributed by atoms with Gasteiger partial charge >= 0.3 is 0 Å². The van der Waals surface area contributed by atoms with Gasteiger partial charge in [0.1, 0.15) is 15.1 Å². The van der Waals surface area contributed by atoms with Crippen LogP contribution in [0.15, 0.2) is 79.0 Å². The standard InChI is InChI=1S/C28H25N2Si/c1-19-17-23(20-11-7-6-8-12-20)27-22-15-14-21(29-2)18-25(22)31(4,5)28(27)26(19)24-13-9-10-16-30(24)3/h6-18H,1,3-5H3/q+1. The summed E-state index contributed by atoms with van der Waals surface area (Å²) in [5, 5.41) is 2.86. The van der Waals surface area contributed by atoms with Gasteiger partial charge in [-0.25, -0.2) is 9.41 Å². The number of aryl methyl sites for hydroxylation is 2. The first-order chi connectivity index (χ1) is 14.9. The van der Waals surface area contributed by atoms with E-state index < -0.39 is 8.07 Å². The van der Waals surface area contributed by atoms with Crippen LogP contribution in [0.1, 0.15) is 5.56 Å². The average molecular weight is 418 g/mol. The van der Waals surface area contributed by atoms with Gasteiger partial charge in [-0.2, -0.15) is 0 Å². The second-order valence-electron chi connectivity index (χ2n) is 8.90. The van der Waals surface area contributed by atoms with Crippen molar-refractivity contribution in [2.24, 2.45) is 7.05 Å². The number of hydrogen-bond donors (Lipinski definition) is 0. The fraction of sp³-hybridized carbons (Fsp3) is 0.143. The van der Waals surface area contributed by atoms with Gasteiger partial charge in [-0.1, -0.05) is 66.8 Å². The summed E-state index contributed by atoms with van der Waals surface area (Å²) >= 11 is 0. The third-order valence-corrected chi connectivity index (χ3v) is 10.1. The van der Waals surface area contributed by atoms with Crippen LogP contribution < -0.4 is 14.9 Å². The van der Waals surface area contributed by atoms with Gasteiger partial charge in [0.05, 0.1) is 6.57 Å². The van der Waals surface area contributed by atoms with E-state index in [1.54, 1.807) is 0 Å². The largest absolute Gasteiger partial charge is 0.238 e. The number of hydrogen-bond acceptors (Lipinski definition) is 0. The molecule has 3 aromatic carbocycles. The van der Waals surface area contributed by atoms with Gasteiger partial charge in [0, 0.05) is 17.7 Å². The number of pyridine rings is 1. The zero-order valence-electron chi connectivity index (χ0n) is 18.4. The zero-order valence-corrected chi connectivity index (χ0v) is 19.4. The lowest BCUT2D eigenvalue weighted by Gasteiger charge is -2.24. The zero-order chi connectivity index (χ0) is 21.8. The number of rotatable bonds is 2. The second-order valence-corrected chi connectivity index (χ2v) is 13.2. The maximum Gasteiger partial charge on any atom is 0.212 e. The third-order valence-electron chi connectivity index (χ3n) is 6.62. The molecule has 0 bridgehead atoms. The Kier molecular flexibility index (Phi) is 4.42. The first kappa shape index (κ1) is 19.5. The van der Waals surface area contributed by atoms with Gasteiger partial charge in [0.2, 0.25) is 5.69 Å². The van der Waals surface area contributed by atoms with Crippen molar-refractivity contribution >= 4 is 24.1 Å². The van der Waals surface area contributed by atoms with E-state index >= 15 is 0 Å². The van der Waals surface area contributed by atoms with Crippen LogP contribution in [-0.2, 0) is 7.05 Å². The van der Waals surface area contributed by atoms with E-state index in [4.69, 9.17) is 6.57 Å². The van der Waals surface area contributed by atoms with Gasteiger partial charge in [-0.3, -0.25) is 0 Å². The van der Waals surface area contributed by atoms with Gasteiger partial charge in [-0.15, -0.1) is 0 Å². The molecule has 5 rings (SSSR count). The molecule has 0 radical (unpaired) electrons. The van der Waals surface area contributed by atoms with E-state index in [-0.39, 0.29) is 0 Å². The maximum absolute atomic E-state index is 7.55. The number of benzene rings is 3. The molecule has 0 atom stereocenters. The summed E-state index contributed by atoms with van der Waals surface area (Å²) in [5.74, 6) is 0. The molecule has 150 valence electrons. The van der Waals surface area contributed by atoms with Crippen molar-refractivity contribution in [2.45, 2.75) is 20.0 Å². The van der Waals surface area contributed by atoms with Crippen LogP contribution in [0, 0.1) is 13.5 Å². The molecule has 1 aliphatic rings. The van der Waals surface area contributed by atoms with Gasteiger partial charge < -0.3 is 0 Å². The monoisotopic (exact) mass is 417 g/mol. The van der Waals surface area contributed by atoms with Crippen molar-refractivity contribution in [3.05, 3.63) is 96.0 Å². The quantitative estimate of drug-likeness (QED) is 0.231. The van der Waals surface area contributed by atoms with Crippen molar-refractivity contribution in [1.29, 1.82) is 0 Å². The van der Waals surface area contributed by atoms with Crippen LogP contribution >= 0.6 is 0 Å². The summed E-state index contributed by atoms with van der Waals surface area (Å²) < 4.78 is 2.23. The molecule has 0 saturated heterocycles. The molecule has 0 spiro atoms. The van der Waals surface area contributed by atoms with Crippen molar-refractivity contribution in [3.8, 4) is 33.5 Å². The van der Waals surface area contributed by atoms with Crippen LogP contribution in [-0.4, -0.2) is 8.07 Å². The Bertz CT molecular complexity index is 1380. The summed E-state index contributed by atoms with van der Waals surface area (Å²) in [4.78, 5) is 3.74. The molecule has 0 unspecified atom stereocenters. The van der Waals surface area contributed by atoms with Crippen molar-refractivity contribution < 1.29 is 4.57 Å². The maximum atomic E-state index is 7.55. The molecule has 0 N–H and O–H groups in total. The lowest BCUT2D eigenvalue weighted by atomic mass is 9.89. The fourth-order valence-corrected chi connectivity index (χ4v) is 8.66. The molecular formula is C28H25N2Si+. The lowest BCUT2D eigenvalue weighted by molar-refractivity contribution is -0.660. The van der Waals surface area contributed by atoms with Crippen LogP contribution in [0.4, 0.5) is 5.69 Å². The summed E-state index contributed by atoms with van der Waals surface area (Å²) in [5.41, 5.74) is 9.85. The molecular weight excluding hydrogens is 392 g/mol. The molecule has 4 aromatic rings. The highest BCUT2D eigenvalue weighted by atomic mass is 28.3. The van der Waals surface area contributed by atoms with Crippen molar-refractivity contribution in [1.82, 2.24) is 0 Å². The minimum atomic E-state index is -2.03. The Labute approximate surface area is 185 Å². The Morgan fingerprint density at radius 3 is 2.29 bits per heavy atom. The SMILES string of the molecule is [C-]#[N+]c1ccc2c(c1)[Si](C)(C)c1c(-c3cccc[n+]3C)c(C)cc(-c3ccccc3)c1-2. The smallest absolute Gasteiger partial charge is 0.212 e. The minimum absolute atomic E-state index is 0.733. The minimum Gasteiger partial charge on any atom is -0.238 e. The predicted octanol–water partition coefficient (Wildman–Crippen LogP) is 5.51. The van der Waals surface area contributed by atoms with E-state index in [1.807, 2.05) is 6.07 Å². The Morgan fingerprint density at radius 2 is 1.58 bits per heavy atom. The molecule has 0 fully saturated rings. The van der Waals surface area contributed by atoms with E-state index in [0.717, 1.165) is 5.69 Å². The van der Waals surface area contributed by atoms with Gasteiger partial charge in [-0.05, 0) is 52.1 Å². The number of aromatic nitrogens is 1. The Hall–Kier alpha value is -3.48. The molecule has 0 saturated carbocycles. The highest BCUT2D eigenvalue weighted by Crippen LogP contribution is 2.41. The molecule has 3 heteroatoms. The molecule has 31 heavy (non-hydrogen) atoms. The number of nitrogens with zero attached hydrogens (tertiary/aromatic N) is 2. The number of fused-ring (bicyclic) bond motifs is 3. The Morgan fingerprint density at radius 1 is 0.839 bits per heavy atom. The van der Waals surface area contributed by atoms with Gasteiger partial charge in [0.15, 0.2) is 11.9 Å². The summed E-state index contributed by atoms with van der Waals surface area (Å²) in [6.07, 6.45) is 2.13. The summed E-state index contributed by atoms with van der Waals surface area (Å²) in [7, 11) is 0.0933. The van der Waals surface area contributed by atoms with Crippen LogP contribution in [0.2, 0.25) is 13.1 Å². The lowest BCUT2D eigenvalue weighted by Crippen LogP contribution is -2.51. The molecule has 2 nitrogen and oxygen atoms in total. The molecule has 0 amide bonds. The summed E-state index contributed by atoms with van der Waals surface area (Å²) in [6.45, 7) is 14.7. The van der Waals surface area contributed by atoms with E-state index in [9.17, 15) is 0 Å². The predicted molar refractivity (Wildman–Crippen MR) is 132 cm³/mol. The highest BCUT2D eigenvalue weighted by molar-refractivity contribution is 7.04. The van der Waals surface area contributed by atoms with Crippen molar-refractivity contribution in [3.63, 3.8) is 0 Å². The molecule has 1 aliphatic heterocycles. The average Bonchev–Trinajstić information content (AvgIpc) is 3.01. The van der Waals surface area contributed by atoms with Gasteiger partial charge in [0.25, 0.3) is 0 Å². The van der Waals surface area contributed by atoms with Crippen LogP contribution in [0.25, 0.3) is 38.4 Å². The Balaban J connectivity index is 1.95. The first-order valence-electron chi connectivity index (χ1n) is 10.6. The third kappa shape index (κ3) is 2.87. The van der Waals surface area contributed by atoms with E-state index in [0.29, 0.717) is 0 Å². The van der Waals surface area contributed by atoms with Crippen molar-refractivity contribution in [2.75, 3.05) is 0 Å². The highest BCUT2D eigenvalue weighted by Gasteiger charge is 2.42. The molecule has 1 aromatic heterocycles. The normalized spacial score (nSPS) is 13.4. The topological polar surface area (TPSA) is 8.24 Å². The molecule has 2 heterocycles. The van der Waals surface area contributed by atoms with E-state index in [1.165, 1.54) is 49.4 Å². The fourth-order valence-electron chi connectivity index (χ4n) is 5.15. The summed E-state index contributed by atoms with van der Waals surface area (Å²) in [6, 6.07) is 25.8. The van der Waals surface area contributed by atoms with Crippen LogP contribution in [0.5, 0.6) is 0 Å². The van der Waals surface area contributed by atoms with Crippen LogP contribution in [0.3, 0.4) is 0 Å². The first-order valence-corrected chi connectivity index (χ1v) is 13.6.